The number of benzene rings is 2. The first-order chi connectivity index (χ1) is 18.5. The zero-order valence-corrected chi connectivity index (χ0v) is 26.0. The third-order valence-corrected chi connectivity index (χ3v) is 6.79. The molecule has 0 fully saturated rings. The van der Waals surface area contributed by atoms with E-state index in [-0.39, 0.29) is 17.7 Å². The van der Waals surface area contributed by atoms with Gasteiger partial charge in [0.2, 0.25) is 5.91 Å². The van der Waals surface area contributed by atoms with Gasteiger partial charge in [-0.1, -0.05) is 38.5 Å². The highest BCUT2D eigenvalue weighted by molar-refractivity contribution is 5.99. The molecule has 3 unspecified atom stereocenters. The summed E-state index contributed by atoms with van der Waals surface area (Å²) in [5.74, 6) is -0.259. The Balaban J connectivity index is 2.67. The number of aryl methyl sites for hydroxylation is 2. The first-order valence-corrected chi connectivity index (χ1v) is 13.8. The lowest BCUT2D eigenvalue weighted by atomic mass is 9.88. The maximum Gasteiger partial charge on any atom is 0.408 e. The van der Waals surface area contributed by atoms with Gasteiger partial charge in [0.25, 0.3) is 5.91 Å². The molecule has 0 saturated heterocycles. The molecule has 2 rings (SSSR count). The number of hydrogen-bond donors (Lipinski definition) is 2. The molecular weight excluding hydrogens is 506 g/mol. The summed E-state index contributed by atoms with van der Waals surface area (Å²) in [7, 11) is 1.58. The molecule has 0 saturated carbocycles. The summed E-state index contributed by atoms with van der Waals surface area (Å²) in [6.07, 6.45) is -0.0395. The lowest BCUT2D eigenvalue weighted by Gasteiger charge is -2.44. The topological polar surface area (TPSA) is 97.0 Å². The molecule has 0 aliphatic heterocycles. The van der Waals surface area contributed by atoms with Crippen LogP contribution >= 0.6 is 0 Å². The Bertz CT molecular complexity index is 1160. The van der Waals surface area contributed by atoms with Gasteiger partial charge in [0, 0.05) is 11.2 Å². The number of nitrogens with zero attached hydrogens (tertiary/aromatic N) is 1. The molecule has 0 spiro atoms. The van der Waals surface area contributed by atoms with Crippen molar-refractivity contribution in [2.75, 3.05) is 12.4 Å². The van der Waals surface area contributed by atoms with Crippen molar-refractivity contribution >= 4 is 23.6 Å². The second-order valence-corrected chi connectivity index (χ2v) is 12.3. The minimum atomic E-state index is -0.970. The molecule has 2 aromatic carbocycles. The van der Waals surface area contributed by atoms with Crippen LogP contribution in [0.15, 0.2) is 42.5 Å². The summed E-state index contributed by atoms with van der Waals surface area (Å²) < 4.78 is 10.7. The van der Waals surface area contributed by atoms with Crippen LogP contribution in [0.3, 0.4) is 0 Å². The van der Waals surface area contributed by atoms with Crippen LogP contribution in [0.2, 0.25) is 0 Å². The Morgan fingerprint density at radius 2 is 1.48 bits per heavy atom. The summed E-state index contributed by atoms with van der Waals surface area (Å²) in [5.41, 5.74) is 1.59. The van der Waals surface area contributed by atoms with Crippen molar-refractivity contribution in [2.24, 2.45) is 5.92 Å². The summed E-state index contributed by atoms with van der Waals surface area (Å²) >= 11 is 0. The monoisotopic (exact) mass is 553 g/mol. The van der Waals surface area contributed by atoms with Crippen molar-refractivity contribution < 1.29 is 23.9 Å². The fourth-order valence-electron chi connectivity index (χ4n) is 4.63. The summed E-state index contributed by atoms with van der Waals surface area (Å²) in [6.45, 7) is 18.7. The molecule has 0 bridgehead atoms. The van der Waals surface area contributed by atoms with Crippen LogP contribution in [0, 0.1) is 19.8 Å². The first-order valence-electron chi connectivity index (χ1n) is 13.8. The number of amides is 3. The molecule has 0 aliphatic carbocycles. The molecule has 0 aromatic heterocycles. The van der Waals surface area contributed by atoms with Crippen molar-refractivity contribution in [3.63, 3.8) is 0 Å². The predicted octanol–water partition coefficient (Wildman–Crippen LogP) is 6.56. The Kier molecular flexibility index (Phi) is 10.8. The molecule has 2 aromatic rings. The normalized spacial score (nSPS) is 14.0. The number of hydrogen-bond acceptors (Lipinski definition) is 5. The number of nitrogens with one attached hydrogen (secondary N) is 2. The van der Waals surface area contributed by atoms with Crippen LogP contribution in [0.5, 0.6) is 5.75 Å². The van der Waals surface area contributed by atoms with E-state index in [0.29, 0.717) is 17.9 Å². The first kappa shape index (κ1) is 32.7. The van der Waals surface area contributed by atoms with Crippen LogP contribution < -0.4 is 15.4 Å². The standard InChI is InChI=1S/C32H47N3O5/c1-12-20(2)26(34-30(38)40-32(8,9)10)29(37)35(31(5,6)7)27(25-21(3)14-13-15-22(25)4)28(36)33-23-16-18-24(39-11)19-17-23/h13-20,26-27H,12H2,1-11H3,(H,33,36)(H,34,38). The zero-order chi connectivity index (χ0) is 30.4. The van der Waals surface area contributed by atoms with E-state index in [1.54, 1.807) is 57.0 Å². The number of carbonyl (C=O) groups is 3. The highest BCUT2D eigenvalue weighted by Gasteiger charge is 2.44. The van der Waals surface area contributed by atoms with Gasteiger partial charge in [0.15, 0.2) is 0 Å². The molecule has 3 atom stereocenters. The molecule has 3 amide bonds. The van der Waals surface area contributed by atoms with Gasteiger partial charge in [-0.15, -0.1) is 0 Å². The van der Waals surface area contributed by atoms with Crippen LogP contribution in [0.25, 0.3) is 0 Å². The highest BCUT2D eigenvalue weighted by atomic mass is 16.6. The fourth-order valence-corrected chi connectivity index (χ4v) is 4.63. The number of anilines is 1. The zero-order valence-electron chi connectivity index (χ0n) is 26.0. The van der Waals surface area contributed by atoms with Gasteiger partial charge in [-0.2, -0.15) is 0 Å². The van der Waals surface area contributed by atoms with Gasteiger partial charge in [-0.05, 0) is 102 Å². The van der Waals surface area contributed by atoms with Crippen LogP contribution in [-0.2, 0) is 14.3 Å². The molecule has 0 aliphatic rings. The molecule has 0 heterocycles. The maximum absolute atomic E-state index is 14.5. The van der Waals surface area contributed by atoms with Crippen molar-refractivity contribution in [1.82, 2.24) is 10.2 Å². The average molecular weight is 554 g/mol. The van der Waals surface area contributed by atoms with Crippen LogP contribution in [0.1, 0.15) is 84.5 Å². The Labute approximate surface area is 239 Å². The highest BCUT2D eigenvalue weighted by Crippen LogP contribution is 2.35. The lowest BCUT2D eigenvalue weighted by Crippen LogP contribution is -2.59. The molecular formula is C32H47N3O5. The van der Waals surface area contributed by atoms with E-state index in [1.165, 1.54) is 0 Å². The van der Waals surface area contributed by atoms with Gasteiger partial charge in [-0.25, -0.2) is 4.79 Å². The van der Waals surface area contributed by atoms with E-state index < -0.39 is 29.3 Å². The summed E-state index contributed by atoms with van der Waals surface area (Å²) in [4.78, 5) is 43.2. The summed E-state index contributed by atoms with van der Waals surface area (Å²) in [5, 5.41) is 5.82. The molecule has 8 heteroatoms. The Morgan fingerprint density at radius 1 is 0.925 bits per heavy atom. The number of rotatable bonds is 9. The van der Waals surface area contributed by atoms with Crippen molar-refractivity contribution in [3.8, 4) is 5.75 Å². The van der Waals surface area contributed by atoms with Crippen LogP contribution in [-0.4, -0.2) is 47.1 Å². The van der Waals surface area contributed by atoms with Gasteiger partial charge >= 0.3 is 6.09 Å². The second-order valence-electron chi connectivity index (χ2n) is 12.3. The number of alkyl carbamates (subject to hydrolysis) is 1. The number of carbonyl (C=O) groups excluding carboxylic acids is 3. The van der Waals surface area contributed by atoms with E-state index in [2.05, 4.69) is 10.6 Å². The molecule has 2 N–H and O–H groups in total. The fraction of sp³-hybridized carbons (Fsp3) is 0.531. The summed E-state index contributed by atoms with van der Waals surface area (Å²) in [6, 6.07) is 11.0. The van der Waals surface area contributed by atoms with E-state index >= 15 is 0 Å². The maximum atomic E-state index is 14.5. The largest absolute Gasteiger partial charge is 0.497 e. The van der Waals surface area contributed by atoms with Crippen LogP contribution in [0.4, 0.5) is 10.5 Å². The molecule has 8 nitrogen and oxygen atoms in total. The van der Waals surface area contributed by atoms with Gasteiger partial charge in [-0.3, -0.25) is 9.59 Å². The van der Waals surface area contributed by atoms with E-state index in [1.807, 2.05) is 66.7 Å². The average Bonchev–Trinajstić information content (AvgIpc) is 2.84. The van der Waals surface area contributed by atoms with E-state index in [0.717, 1.165) is 16.7 Å². The predicted molar refractivity (Wildman–Crippen MR) is 159 cm³/mol. The number of methoxy groups -OCH3 is 1. The van der Waals surface area contributed by atoms with Gasteiger partial charge in [0.1, 0.15) is 23.4 Å². The lowest BCUT2D eigenvalue weighted by molar-refractivity contribution is -0.148. The minimum absolute atomic E-state index is 0.215. The quantitative estimate of drug-likeness (QED) is 0.367. The molecule has 0 radical (unpaired) electrons. The van der Waals surface area contributed by atoms with Gasteiger partial charge < -0.3 is 25.0 Å². The molecule has 40 heavy (non-hydrogen) atoms. The Hall–Kier alpha value is -3.55. The SMILES string of the molecule is CCC(C)C(NC(=O)OC(C)(C)C)C(=O)N(C(C(=O)Nc1ccc(OC)cc1)c1c(C)cccc1C)C(C)(C)C. The Morgan fingerprint density at radius 3 is 1.93 bits per heavy atom. The number of ether oxygens (including phenoxy) is 2. The van der Waals surface area contributed by atoms with Crippen molar-refractivity contribution in [3.05, 3.63) is 59.2 Å². The smallest absolute Gasteiger partial charge is 0.408 e. The van der Waals surface area contributed by atoms with Crippen molar-refractivity contribution in [2.45, 2.75) is 98.9 Å². The van der Waals surface area contributed by atoms with Gasteiger partial charge in [0.05, 0.1) is 7.11 Å². The minimum Gasteiger partial charge on any atom is -0.497 e. The van der Waals surface area contributed by atoms with E-state index in [4.69, 9.17) is 9.47 Å². The van der Waals surface area contributed by atoms with E-state index in [9.17, 15) is 14.4 Å². The third-order valence-electron chi connectivity index (χ3n) is 6.79. The third kappa shape index (κ3) is 8.47. The molecule has 220 valence electrons. The second kappa shape index (κ2) is 13.2. The van der Waals surface area contributed by atoms with Crippen molar-refractivity contribution in [1.29, 1.82) is 0 Å².